The maximum atomic E-state index is 11.4. The summed E-state index contributed by atoms with van der Waals surface area (Å²) in [5.74, 6) is 0.731. The summed E-state index contributed by atoms with van der Waals surface area (Å²) >= 11 is 6.34. The van der Waals surface area contributed by atoms with Gasteiger partial charge in [0.1, 0.15) is 5.75 Å². The van der Waals surface area contributed by atoms with Crippen molar-refractivity contribution in [2.75, 3.05) is 0 Å². The molecule has 0 amide bonds. The molecule has 0 spiro atoms. The second-order valence-corrected chi connectivity index (χ2v) is 5.53. The second kappa shape index (κ2) is 5.30. The topological polar surface area (TPSA) is 57.9 Å². The molecule has 0 saturated heterocycles. The Bertz CT molecular complexity index is 849. The Kier molecular flexibility index (Phi) is 3.47. The van der Waals surface area contributed by atoms with E-state index >= 15 is 0 Å². The van der Waals surface area contributed by atoms with Crippen molar-refractivity contribution < 1.29 is 4.74 Å². The lowest BCUT2D eigenvalue weighted by Gasteiger charge is -2.15. The quantitative estimate of drug-likeness (QED) is 0.769. The van der Waals surface area contributed by atoms with E-state index in [-0.39, 0.29) is 11.8 Å². The van der Waals surface area contributed by atoms with E-state index in [0.29, 0.717) is 5.02 Å². The highest BCUT2D eigenvalue weighted by Crippen LogP contribution is 2.37. The zero-order valence-electron chi connectivity index (χ0n) is 11.7. The van der Waals surface area contributed by atoms with E-state index in [1.165, 1.54) is 0 Å². The third kappa shape index (κ3) is 2.67. The van der Waals surface area contributed by atoms with E-state index in [2.05, 4.69) is 9.97 Å². The molecule has 21 heavy (non-hydrogen) atoms. The van der Waals surface area contributed by atoms with E-state index in [9.17, 15) is 4.79 Å². The Morgan fingerprint density at radius 1 is 1.10 bits per heavy atom. The number of halogens is 1. The smallest absolute Gasteiger partial charge is 0.323 e. The molecule has 0 saturated carbocycles. The van der Waals surface area contributed by atoms with Gasteiger partial charge >= 0.3 is 5.69 Å². The van der Waals surface area contributed by atoms with Crippen LogP contribution in [0.25, 0.3) is 22.2 Å². The fourth-order valence-corrected chi connectivity index (χ4v) is 2.60. The molecule has 3 aromatic rings. The number of nitrogens with one attached hydrogen (secondary N) is 2. The standard InChI is InChI=1S/C16H15ClN2O2/c1-9(2)21-14-5-3-4-11(17)15(14)10-6-7-12-13(8-10)19-16(20)18-12/h3-9H,1-2H3,(H2,18,19,20). The molecule has 0 aliphatic rings. The Balaban J connectivity index is 2.18. The lowest BCUT2D eigenvalue weighted by Crippen LogP contribution is -2.06. The number of ether oxygens (including phenoxy) is 1. The zero-order valence-corrected chi connectivity index (χ0v) is 12.5. The van der Waals surface area contributed by atoms with Gasteiger partial charge in [-0.15, -0.1) is 0 Å². The predicted molar refractivity (Wildman–Crippen MR) is 85.1 cm³/mol. The number of imidazole rings is 1. The first-order chi connectivity index (χ1) is 10.0. The van der Waals surface area contributed by atoms with Gasteiger partial charge < -0.3 is 14.7 Å². The number of benzene rings is 2. The second-order valence-electron chi connectivity index (χ2n) is 5.12. The molecule has 1 aromatic heterocycles. The molecule has 0 bridgehead atoms. The number of aromatic nitrogens is 2. The average Bonchev–Trinajstić information content (AvgIpc) is 2.77. The Morgan fingerprint density at radius 2 is 1.86 bits per heavy atom. The maximum absolute atomic E-state index is 11.4. The largest absolute Gasteiger partial charge is 0.490 e. The van der Waals surface area contributed by atoms with Gasteiger partial charge in [-0.2, -0.15) is 0 Å². The third-order valence-corrected chi connectivity index (χ3v) is 3.46. The van der Waals surface area contributed by atoms with Crippen LogP contribution in [0.4, 0.5) is 0 Å². The Morgan fingerprint density at radius 3 is 2.62 bits per heavy atom. The number of hydrogen-bond acceptors (Lipinski definition) is 2. The van der Waals surface area contributed by atoms with Crippen LogP contribution < -0.4 is 10.4 Å². The van der Waals surface area contributed by atoms with Crippen molar-refractivity contribution in [1.29, 1.82) is 0 Å². The van der Waals surface area contributed by atoms with Crippen molar-refractivity contribution in [3.05, 3.63) is 51.9 Å². The molecule has 2 N–H and O–H groups in total. The van der Waals surface area contributed by atoms with Crippen LogP contribution in [-0.4, -0.2) is 16.1 Å². The van der Waals surface area contributed by atoms with Crippen LogP contribution in [0, 0.1) is 0 Å². The predicted octanol–water partition coefficient (Wildman–Crippen LogP) is 3.96. The molecular formula is C16H15ClN2O2. The maximum Gasteiger partial charge on any atom is 0.323 e. The van der Waals surface area contributed by atoms with Crippen molar-refractivity contribution >= 4 is 22.6 Å². The summed E-state index contributed by atoms with van der Waals surface area (Å²) in [5, 5.41) is 0.616. The molecule has 0 radical (unpaired) electrons. The van der Waals surface area contributed by atoms with E-state index < -0.39 is 0 Å². The molecule has 1 heterocycles. The summed E-state index contributed by atoms with van der Waals surface area (Å²) in [4.78, 5) is 16.8. The van der Waals surface area contributed by atoms with E-state index in [1.807, 2.05) is 50.2 Å². The highest BCUT2D eigenvalue weighted by atomic mass is 35.5. The van der Waals surface area contributed by atoms with Gasteiger partial charge in [0.2, 0.25) is 0 Å². The van der Waals surface area contributed by atoms with Gasteiger partial charge in [0, 0.05) is 5.56 Å². The molecule has 3 rings (SSSR count). The van der Waals surface area contributed by atoms with Crippen LogP contribution in [0.3, 0.4) is 0 Å². The summed E-state index contributed by atoms with van der Waals surface area (Å²) in [6, 6.07) is 11.2. The van der Waals surface area contributed by atoms with Crippen LogP contribution >= 0.6 is 11.6 Å². The molecule has 0 unspecified atom stereocenters. The molecule has 4 nitrogen and oxygen atoms in total. The first-order valence-corrected chi connectivity index (χ1v) is 7.10. The minimum atomic E-state index is -0.222. The fourth-order valence-electron chi connectivity index (χ4n) is 2.32. The van der Waals surface area contributed by atoms with Crippen molar-refractivity contribution in [2.45, 2.75) is 20.0 Å². The van der Waals surface area contributed by atoms with Gasteiger partial charge in [-0.1, -0.05) is 23.7 Å². The molecule has 5 heteroatoms. The van der Waals surface area contributed by atoms with Crippen molar-refractivity contribution in [3.8, 4) is 16.9 Å². The number of fused-ring (bicyclic) bond motifs is 1. The van der Waals surface area contributed by atoms with Crippen LogP contribution in [-0.2, 0) is 0 Å². The average molecular weight is 303 g/mol. The van der Waals surface area contributed by atoms with E-state index in [1.54, 1.807) is 0 Å². The summed E-state index contributed by atoms with van der Waals surface area (Å²) in [6.07, 6.45) is 0.0537. The van der Waals surface area contributed by atoms with Crippen molar-refractivity contribution in [3.63, 3.8) is 0 Å². The number of hydrogen-bond donors (Lipinski definition) is 2. The number of aromatic amines is 2. The van der Waals surface area contributed by atoms with Crippen LogP contribution in [0.2, 0.25) is 5.02 Å². The summed E-state index contributed by atoms with van der Waals surface area (Å²) < 4.78 is 5.83. The Hall–Kier alpha value is -2.20. The van der Waals surface area contributed by atoms with Gasteiger partial charge in [-0.05, 0) is 43.7 Å². The van der Waals surface area contributed by atoms with Gasteiger partial charge in [-0.25, -0.2) is 4.79 Å². The van der Waals surface area contributed by atoms with Crippen LogP contribution in [0.1, 0.15) is 13.8 Å². The van der Waals surface area contributed by atoms with Gasteiger partial charge in [0.25, 0.3) is 0 Å². The first kappa shape index (κ1) is 13.8. The monoisotopic (exact) mass is 302 g/mol. The highest BCUT2D eigenvalue weighted by molar-refractivity contribution is 6.33. The summed E-state index contributed by atoms with van der Waals surface area (Å²) in [5.41, 5.74) is 3.02. The molecule has 2 aromatic carbocycles. The highest BCUT2D eigenvalue weighted by Gasteiger charge is 2.13. The molecular weight excluding hydrogens is 288 g/mol. The normalized spacial score (nSPS) is 11.2. The number of rotatable bonds is 3. The van der Waals surface area contributed by atoms with E-state index in [4.69, 9.17) is 16.3 Å². The lowest BCUT2D eigenvalue weighted by atomic mass is 10.0. The first-order valence-electron chi connectivity index (χ1n) is 6.72. The van der Waals surface area contributed by atoms with Crippen LogP contribution in [0.15, 0.2) is 41.2 Å². The Labute approximate surface area is 126 Å². The van der Waals surface area contributed by atoms with Gasteiger partial charge in [0.05, 0.1) is 22.2 Å². The summed E-state index contributed by atoms with van der Waals surface area (Å²) in [7, 11) is 0. The van der Waals surface area contributed by atoms with Crippen LogP contribution in [0.5, 0.6) is 5.75 Å². The zero-order chi connectivity index (χ0) is 15.0. The van der Waals surface area contributed by atoms with Crippen molar-refractivity contribution in [1.82, 2.24) is 9.97 Å². The van der Waals surface area contributed by atoms with Gasteiger partial charge in [0.15, 0.2) is 0 Å². The van der Waals surface area contributed by atoms with Gasteiger partial charge in [-0.3, -0.25) is 0 Å². The number of H-pyrrole nitrogens is 2. The molecule has 0 aliphatic carbocycles. The summed E-state index contributed by atoms with van der Waals surface area (Å²) in [6.45, 7) is 3.94. The molecule has 0 atom stereocenters. The minimum Gasteiger partial charge on any atom is -0.490 e. The fraction of sp³-hybridized carbons (Fsp3) is 0.188. The molecule has 0 aliphatic heterocycles. The lowest BCUT2D eigenvalue weighted by molar-refractivity contribution is 0.243. The van der Waals surface area contributed by atoms with E-state index in [0.717, 1.165) is 27.9 Å². The third-order valence-electron chi connectivity index (χ3n) is 3.14. The van der Waals surface area contributed by atoms with Crippen molar-refractivity contribution in [2.24, 2.45) is 0 Å². The molecule has 0 fully saturated rings. The SMILES string of the molecule is CC(C)Oc1cccc(Cl)c1-c1ccc2[nH]c(=O)[nH]c2c1. The minimum absolute atomic E-state index is 0.0537. The molecule has 108 valence electrons.